The Morgan fingerprint density at radius 1 is 0.927 bits per heavy atom. The number of rotatable bonds is 7. The first-order valence-corrected chi connectivity index (χ1v) is 12.5. The van der Waals surface area contributed by atoms with Gasteiger partial charge in [0.15, 0.2) is 5.82 Å². The van der Waals surface area contributed by atoms with E-state index in [2.05, 4.69) is 36.0 Å². The van der Waals surface area contributed by atoms with Gasteiger partial charge in [0.1, 0.15) is 18.0 Å². The zero-order valence-electron chi connectivity index (χ0n) is 22.6. The van der Waals surface area contributed by atoms with Crippen molar-refractivity contribution in [2.24, 2.45) is 0 Å². The van der Waals surface area contributed by atoms with Gasteiger partial charge in [-0.3, -0.25) is 4.79 Å². The van der Waals surface area contributed by atoms with Gasteiger partial charge in [-0.25, -0.2) is 15.0 Å². The number of carbonyl (C=O) groups excluding carboxylic acids is 1. The Morgan fingerprint density at radius 2 is 1.73 bits per heavy atom. The van der Waals surface area contributed by atoms with E-state index in [4.69, 9.17) is 0 Å². The van der Waals surface area contributed by atoms with Crippen LogP contribution in [0.4, 0.5) is 36.2 Å². The first-order valence-electron chi connectivity index (χ1n) is 12.5. The number of alkyl halides is 3. The molecule has 41 heavy (non-hydrogen) atoms. The van der Waals surface area contributed by atoms with Crippen LogP contribution >= 0.6 is 0 Å². The SMILES string of the molecule is CNc1cc(-n2nc(C)cc2Nc2cc(NC(=O)c3cc(-n4cnc(C)c4)cc(C(F)(F)F)c3)ccc2C)ncn1. The summed E-state index contributed by atoms with van der Waals surface area (Å²) in [5.41, 5.74) is 2.38. The predicted molar refractivity (Wildman–Crippen MR) is 149 cm³/mol. The minimum absolute atomic E-state index is 0.144. The van der Waals surface area contributed by atoms with Crippen molar-refractivity contribution in [1.29, 1.82) is 0 Å². The summed E-state index contributed by atoms with van der Waals surface area (Å²) in [4.78, 5) is 25.7. The summed E-state index contributed by atoms with van der Waals surface area (Å²) in [7, 11) is 1.75. The van der Waals surface area contributed by atoms with Gasteiger partial charge >= 0.3 is 6.18 Å². The number of anilines is 4. The van der Waals surface area contributed by atoms with Gasteiger partial charge in [0, 0.05) is 48.0 Å². The minimum Gasteiger partial charge on any atom is -0.373 e. The topological polar surface area (TPSA) is 115 Å². The van der Waals surface area contributed by atoms with Crippen molar-refractivity contribution in [2.75, 3.05) is 23.0 Å². The van der Waals surface area contributed by atoms with Gasteiger partial charge in [-0.2, -0.15) is 23.0 Å². The van der Waals surface area contributed by atoms with E-state index in [9.17, 15) is 18.0 Å². The van der Waals surface area contributed by atoms with Crippen molar-refractivity contribution in [3.8, 4) is 11.5 Å². The number of carbonyl (C=O) groups is 1. The van der Waals surface area contributed by atoms with Crippen molar-refractivity contribution in [3.63, 3.8) is 0 Å². The average molecular weight is 562 g/mol. The van der Waals surface area contributed by atoms with Crippen LogP contribution in [0.2, 0.25) is 0 Å². The molecule has 5 aromatic rings. The smallest absolute Gasteiger partial charge is 0.373 e. The molecule has 0 saturated heterocycles. The second-order valence-electron chi connectivity index (χ2n) is 9.39. The zero-order chi connectivity index (χ0) is 29.3. The number of nitrogens with zero attached hydrogens (tertiary/aromatic N) is 6. The normalized spacial score (nSPS) is 11.4. The maximum absolute atomic E-state index is 13.7. The lowest BCUT2D eigenvalue weighted by molar-refractivity contribution is -0.137. The molecule has 0 bridgehead atoms. The highest BCUT2D eigenvalue weighted by Gasteiger charge is 2.32. The van der Waals surface area contributed by atoms with Gasteiger partial charge in [-0.1, -0.05) is 6.07 Å². The Labute approximate surface area is 233 Å². The monoisotopic (exact) mass is 561 g/mol. The molecule has 0 aliphatic carbocycles. The van der Waals surface area contributed by atoms with Crippen LogP contribution in [0.25, 0.3) is 11.5 Å². The summed E-state index contributed by atoms with van der Waals surface area (Å²) in [5.74, 6) is 1.09. The fourth-order valence-corrected chi connectivity index (χ4v) is 4.16. The third kappa shape index (κ3) is 6.03. The molecule has 10 nitrogen and oxygen atoms in total. The quantitative estimate of drug-likeness (QED) is 0.229. The molecule has 0 saturated carbocycles. The Bertz CT molecular complexity index is 1740. The van der Waals surface area contributed by atoms with Gasteiger partial charge < -0.3 is 20.5 Å². The van der Waals surface area contributed by atoms with E-state index in [1.54, 1.807) is 49.1 Å². The third-order valence-electron chi connectivity index (χ3n) is 6.23. The van der Waals surface area contributed by atoms with Crippen LogP contribution in [0.3, 0.4) is 0 Å². The molecule has 0 fully saturated rings. The number of nitrogens with one attached hydrogen (secondary N) is 3. The average Bonchev–Trinajstić information content (AvgIpc) is 3.54. The van der Waals surface area contributed by atoms with E-state index in [1.807, 2.05) is 19.9 Å². The highest BCUT2D eigenvalue weighted by molar-refractivity contribution is 6.05. The highest BCUT2D eigenvalue weighted by atomic mass is 19.4. The number of benzene rings is 2. The largest absolute Gasteiger partial charge is 0.416 e. The van der Waals surface area contributed by atoms with Gasteiger partial charge in [-0.05, 0) is 56.7 Å². The van der Waals surface area contributed by atoms with Crippen LogP contribution in [0.1, 0.15) is 32.9 Å². The molecule has 2 aromatic carbocycles. The molecule has 0 radical (unpaired) electrons. The van der Waals surface area contributed by atoms with Gasteiger partial charge in [0.05, 0.1) is 23.3 Å². The summed E-state index contributed by atoms with van der Waals surface area (Å²) in [5, 5.41) is 13.5. The number of hydrogen-bond donors (Lipinski definition) is 3. The lowest BCUT2D eigenvalue weighted by Crippen LogP contribution is -2.15. The van der Waals surface area contributed by atoms with E-state index in [0.29, 0.717) is 34.5 Å². The number of hydrogen-bond acceptors (Lipinski definition) is 7. The van der Waals surface area contributed by atoms with Crippen LogP contribution < -0.4 is 16.0 Å². The van der Waals surface area contributed by atoms with Gasteiger partial charge in [0.2, 0.25) is 0 Å². The van der Waals surface area contributed by atoms with Crippen molar-refractivity contribution >= 4 is 28.9 Å². The van der Waals surface area contributed by atoms with Crippen LogP contribution in [0.5, 0.6) is 0 Å². The standard InChI is InChI=1S/C28H26F3N9O/c1-16-5-6-21(11-23(16)37-26-7-17(2)38-40(26)25-12-24(32-4)33-14-34-25)36-27(41)19-8-20(28(29,30)31)10-22(9-19)39-13-18(3)35-15-39/h5-15,37H,1-4H3,(H,36,41)(H,32,33,34). The highest BCUT2D eigenvalue weighted by Crippen LogP contribution is 2.32. The second-order valence-corrected chi connectivity index (χ2v) is 9.39. The van der Waals surface area contributed by atoms with E-state index < -0.39 is 17.6 Å². The molecule has 210 valence electrons. The van der Waals surface area contributed by atoms with Gasteiger partial charge in [-0.15, -0.1) is 0 Å². The molecule has 0 atom stereocenters. The predicted octanol–water partition coefficient (Wildman–Crippen LogP) is 5.83. The molecular formula is C28H26F3N9O. The molecule has 3 heterocycles. The van der Waals surface area contributed by atoms with Crippen molar-refractivity contribution in [3.05, 3.63) is 95.5 Å². The second kappa shape index (κ2) is 10.8. The lowest BCUT2D eigenvalue weighted by atomic mass is 10.1. The van der Waals surface area contributed by atoms with Crippen LogP contribution in [-0.2, 0) is 6.18 Å². The Morgan fingerprint density at radius 3 is 2.44 bits per heavy atom. The first kappa shape index (κ1) is 27.4. The molecular weight excluding hydrogens is 535 g/mol. The van der Waals surface area contributed by atoms with E-state index >= 15 is 0 Å². The van der Waals surface area contributed by atoms with E-state index in [0.717, 1.165) is 23.4 Å². The van der Waals surface area contributed by atoms with E-state index in [1.165, 1.54) is 23.3 Å². The Hall–Kier alpha value is -5.20. The van der Waals surface area contributed by atoms with E-state index in [-0.39, 0.29) is 11.3 Å². The number of imidazole rings is 1. The van der Waals surface area contributed by atoms with Crippen LogP contribution in [-0.4, -0.2) is 42.3 Å². The minimum atomic E-state index is -4.64. The summed E-state index contributed by atoms with van der Waals surface area (Å²) in [6, 6.07) is 12.0. The van der Waals surface area contributed by atoms with Crippen LogP contribution in [0, 0.1) is 20.8 Å². The van der Waals surface area contributed by atoms with Crippen LogP contribution in [0.15, 0.2) is 67.4 Å². The molecule has 0 aliphatic rings. The number of aromatic nitrogens is 6. The molecule has 5 rings (SSSR count). The summed E-state index contributed by atoms with van der Waals surface area (Å²) in [6.07, 6.45) is -0.225. The molecule has 0 aliphatic heterocycles. The molecule has 13 heteroatoms. The van der Waals surface area contributed by atoms with Gasteiger partial charge in [0.25, 0.3) is 5.91 Å². The van der Waals surface area contributed by atoms with Crippen molar-refractivity contribution in [2.45, 2.75) is 26.9 Å². The summed E-state index contributed by atoms with van der Waals surface area (Å²) >= 11 is 0. The Kier molecular flexibility index (Phi) is 7.18. The first-order chi connectivity index (χ1) is 19.5. The fraction of sp³-hybridized carbons (Fsp3) is 0.179. The number of aryl methyl sites for hydroxylation is 3. The summed E-state index contributed by atoms with van der Waals surface area (Å²) < 4.78 is 44.1. The number of halogens is 3. The molecule has 3 N–H and O–H groups in total. The Balaban J connectivity index is 1.44. The molecule has 0 unspecified atom stereocenters. The van der Waals surface area contributed by atoms with Crippen molar-refractivity contribution < 1.29 is 18.0 Å². The third-order valence-corrected chi connectivity index (χ3v) is 6.23. The fourth-order valence-electron chi connectivity index (χ4n) is 4.16. The molecule has 1 amide bonds. The maximum atomic E-state index is 13.7. The number of amides is 1. The lowest BCUT2D eigenvalue weighted by Gasteiger charge is -2.15. The zero-order valence-corrected chi connectivity index (χ0v) is 22.6. The molecule has 0 spiro atoms. The molecule has 3 aromatic heterocycles. The maximum Gasteiger partial charge on any atom is 0.416 e. The summed E-state index contributed by atoms with van der Waals surface area (Å²) in [6.45, 7) is 5.46. The van der Waals surface area contributed by atoms with Crippen molar-refractivity contribution in [1.82, 2.24) is 29.3 Å².